The second kappa shape index (κ2) is 8.52. The molecule has 0 saturated carbocycles. The molecule has 0 aliphatic rings. The Morgan fingerprint density at radius 3 is 2.60 bits per heavy atom. The molecule has 0 saturated heterocycles. The second-order valence-electron chi connectivity index (χ2n) is 6.58. The van der Waals surface area contributed by atoms with E-state index >= 15 is 0 Å². The number of aromatic nitrogens is 3. The molecule has 4 aromatic rings. The highest BCUT2D eigenvalue weighted by molar-refractivity contribution is 6.01. The van der Waals surface area contributed by atoms with Gasteiger partial charge in [0.05, 0.1) is 44.2 Å². The molecule has 0 amide bonds. The van der Waals surface area contributed by atoms with E-state index in [-0.39, 0.29) is 0 Å². The number of methoxy groups -OCH3 is 2. The maximum atomic E-state index is 9.07. The first-order valence-electron chi connectivity index (χ1n) is 9.28. The molecule has 0 radical (unpaired) electrons. The van der Waals surface area contributed by atoms with E-state index in [0.717, 1.165) is 33.8 Å². The number of hydrogen-bond acceptors (Lipinski definition) is 7. The summed E-state index contributed by atoms with van der Waals surface area (Å²) in [7, 11) is 3.26. The van der Waals surface area contributed by atoms with Gasteiger partial charge in [-0.1, -0.05) is 23.4 Å². The number of pyridine rings is 1. The predicted molar refractivity (Wildman–Crippen MR) is 115 cm³/mol. The van der Waals surface area contributed by atoms with Gasteiger partial charge in [0.1, 0.15) is 11.5 Å². The number of hydrogen-bond donors (Lipinski definition) is 2. The number of fused-ring (bicyclic) bond motifs is 1. The van der Waals surface area contributed by atoms with E-state index in [1.165, 1.54) is 6.21 Å². The van der Waals surface area contributed by atoms with Crippen molar-refractivity contribution >= 4 is 28.6 Å². The lowest BCUT2D eigenvalue weighted by molar-refractivity contribution is 0.322. The molecule has 0 aliphatic heterocycles. The second-order valence-corrected chi connectivity index (χ2v) is 6.58. The first-order valence-corrected chi connectivity index (χ1v) is 9.28. The molecule has 4 rings (SSSR count). The first-order chi connectivity index (χ1) is 14.7. The van der Waals surface area contributed by atoms with Crippen molar-refractivity contribution in [1.29, 1.82) is 0 Å². The SMILES string of the molecule is COc1ccc(Cn2ncc3c(Nc4cccc(OC)c4)c(C=NO)cnc32)cc1. The largest absolute Gasteiger partial charge is 0.497 e. The molecule has 0 unspecified atom stereocenters. The summed E-state index contributed by atoms with van der Waals surface area (Å²) in [4.78, 5) is 4.53. The van der Waals surface area contributed by atoms with Gasteiger partial charge in [-0.3, -0.25) is 0 Å². The van der Waals surface area contributed by atoms with Crippen molar-refractivity contribution in [3.05, 3.63) is 72.1 Å². The Labute approximate surface area is 173 Å². The van der Waals surface area contributed by atoms with Gasteiger partial charge in [0, 0.05) is 23.5 Å². The van der Waals surface area contributed by atoms with E-state index in [4.69, 9.17) is 14.7 Å². The lowest BCUT2D eigenvalue weighted by Gasteiger charge is -2.12. The topological polar surface area (TPSA) is 93.8 Å². The Kier molecular flexibility index (Phi) is 5.47. The molecular weight excluding hydrogens is 382 g/mol. The van der Waals surface area contributed by atoms with E-state index in [1.807, 2.05) is 53.2 Å². The average molecular weight is 403 g/mol. The van der Waals surface area contributed by atoms with Gasteiger partial charge in [-0.05, 0) is 29.8 Å². The number of ether oxygens (including phenoxy) is 2. The summed E-state index contributed by atoms with van der Waals surface area (Å²) < 4.78 is 12.3. The summed E-state index contributed by atoms with van der Waals surface area (Å²) in [6.07, 6.45) is 4.75. The van der Waals surface area contributed by atoms with Crippen LogP contribution in [0.5, 0.6) is 11.5 Å². The quantitative estimate of drug-likeness (QED) is 0.275. The number of rotatable bonds is 7. The summed E-state index contributed by atoms with van der Waals surface area (Å²) in [6.45, 7) is 0.562. The van der Waals surface area contributed by atoms with Crippen LogP contribution in [0.25, 0.3) is 11.0 Å². The molecule has 8 heteroatoms. The van der Waals surface area contributed by atoms with E-state index < -0.39 is 0 Å². The minimum absolute atomic E-state index is 0.562. The Morgan fingerprint density at radius 2 is 1.87 bits per heavy atom. The number of benzene rings is 2. The van der Waals surface area contributed by atoms with Crippen molar-refractivity contribution in [3.8, 4) is 11.5 Å². The Balaban J connectivity index is 1.73. The Morgan fingerprint density at radius 1 is 1.07 bits per heavy atom. The van der Waals surface area contributed by atoms with Crippen molar-refractivity contribution in [2.24, 2.45) is 5.16 Å². The third-order valence-corrected chi connectivity index (χ3v) is 4.72. The van der Waals surface area contributed by atoms with Gasteiger partial charge in [-0.15, -0.1) is 0 Å². The number of anilines is 2. The van der Waals surface area contributed by atoms with Crippen molar-refractivity contribution in [1.82, 2.24) is 14.8 Å². The number of nitrogens with one attached hydrogen (secondary N) is 1. The summed E-state index contributed by atoms with van der Waals surface area (Å²) in [5.74, 6) is 1.54. The van der Waals surface area contributed by atoms with E-state index in [0.29, 0.717) is 17.8 Å². The van der Waals surface area contributed by atoms with Crippen molar-refractivity contribution in [2.45, 2.75) is 6.54 Å². The summed E-state index contributed by atoms with van der Waals surface area (Å²) in [5.41, 5.74) is 4.00. The van der Waals surface area contributed by atoms with E-state index in [2.05, 4.69) is 20.6 Å². The molecule has 0 aliphatic carbocycles. The third-order valence-electron chi connectivity index (χ3n) is 4.72. The van der Waals surface area contributed by atoms with Crippen LogP contribution in [-0.2, 0) is 6.54 Å². The highest BCUT2D eigenvalue weighted by Gasteiger charge is 2.14. The Bertz CT molecular complexity index is 1190. The molecular formula is C22H21N5O3. The third kappa shape index (κ3) is 3.88. The molecule has 152 valence electrons. The molecule has 2 N–H and O–H groups in total. The van der Waals surface area contributed by atoms with E-state index in [9.17, 15) is 0 Å². The zero-order chi connectivity index (χ0) is 20.9. The standard InChI is InChI=1S/C22H21N5O3/c1-29-18-8-6-15(7-9-18)14-27-22-20(13-24-27)21(16(11-23-22)12-25-28)26-17-4-3-5-19(10-17)30-2/h3-13,28H,14H2,1-2H3,(H,23,26). The van der Waals surface area contributed by atoms with Gasteiger partial charge in [0.15, 0.2) is 5.65 Å². The van der Waals surface area contributed by atoms with Gasteiger partial charge in [0.2, 0.25) is 0 Å². The van der Waals surface area contributed by atoms with Crippen LogP contribution < -0.4 is 14.8 Å². The minimum Gasteiger partial charge on any atom is -0.497 e. The molecule has 2 aromatic heterocycles. The monoisotopic (exact) mass is 403 g/mol. The van der Waals surface area contributed by atoms with Gasteiger partial charge in [-0.2, -0.15) is 5.10 Å². The zero-order valence-corrected chi connectivity index (χ0v) is 16.6. The smallest absolute Gasteiger partial charge is 0.160 e. The lowest BCUT2D eigenvalue weighted by Crippen LogP contribution is -2.04. The molecule has 2 heterocycles. The maximum Gasteiger partial charge on any atom is 0.160 e. The van der Waals surface area contributed by atoms with Gasteiger partial charge in [-0.25, -0.2) is 9.67 Å². The van der Waals surface area contributed by atoms with Crippen LogP contribution in [0.3, 0.4) is 0 Å². The van der Waals surface area contributed by atoms with Crippen LogP contribution in [0.15, 0.2) is 66.1 Å². The summed E-state index contributed by atoms with van der Waals surface area (Å²) >= 11 is 0. The molecule has 0 fully saturated rings. The molecule has 2 aromatic carbocycles. The van der Waals surface area contributed by atoms with Crippen LogP contribution in [0.2, 0.25) is 0 Å². The fraction of sp³-hybridized carbons (Fsp3) is 0.136. The molecule has 30 heavy (non-hydrogen) atoms. The minimum atomic E-state index is 0.562. The molecule has 8 nitrogen and oxygen atoms in total. The van der Waals surface area contributed by atoms with Crippen molar-refractivity contribution in [2.75, 3.05) is 19.5 Å². The Hall–Kier alpha value is -4.07. The first kappa shape index (κ1) is 19.3. The van der Waals surface area contributed by atoms with Crippen LogP contribution in [0.1, 0.15) is 11.1 Å². The molecule has 0 bridgehead atoms. The fourth-order valence-electron chi connectivity index (χ4n) is 3.21. The summed E-state index contributed by atoms with van der Waals surface area (Å²) in [5, 5.41) is 20.9. The zero-order valence-electron chi connectivity index (χ0n) is 16.6. The molecule has 0 atom stereocenters. The fourth-order valence-corrected chi connectivity index (χ4v) is 3.21. The van der Waals surface area contributed by atoms with Crippen LogP contribution in [0.4, 0.5) is 11.4 Å². The number of nitrogens with zero attached hydrogens (tertiary/aromatic N) is 4. The normalized spacial score (nSPS) is 11.1. The van der Waals surface area contributed by atoms with Crippen molar-refractivity contribution < 1.29 is 14.7 Å². The van der Waals surface area contributed by atoms with Crippen LogP contribution >= 0.6 is 0 Å². The van der Waals surface area contributed by atoms with Crippen LogP contribution in [0, 0.1) is 0 Å². The van der Waals surface area contributed by atoms with Crippen LogP contribution in [-0.4, -0.2) is 40.4 Å². The number of oxime groups is 1. The average Bonchev–Trinajstić information content (AvgIpc) is 3.19. The van der Waals surface area contributed by atoms with Gasteiger partial charge >= 0.3 is 0 Å². The van der Waals surface area contributed by atoms with Gasteiger partial charge in [0.25, 0.3) is 0 Å². The predicted octanol–water partition coefficient (Wildman–Crippen LogP) is 4.05. The van der Waals surface area contributed by atoms with Crippen molar-refractivity contribution in [3.63, 3.8) is 0 Å². The highest BCUT2D eigenvalue weighted by Crippen LogP contribution is 2.30. The molecule has 0 spiro atoms. The maximum absolute atomic E-state index is 9.07. The lowest BCUT2D eigenvalue weighted by atomic mass is 10.1. The van der Waals surface area contributed by atoms with E-state index in [1.54, 1.807) is 26.6 Å². The highest BCUT2D eigenvalue weighted by atomic mass is 16.5. The summed E-state index contributed by atoms with van der Waals surface area (Å²) in [6, 6.07) is 15.4. The van der Waals surface area contributed by atoms with Gasteiger partial charge < -0.3 is 20.0 Å².